The van der Waals surface area contributed by atoms with E-state index < -0.39 is 0 Å². The Morgan fingerprint density at radius 2 is 1.84 bits per heavy atom. The summed E-state index contributed by atoms with van der Waals surface area (Å²) in [5.41, 5.74) is 2.29. The minimum Gasteiger partial charge on any atom is -0.497 e. The van der Waals surface area contributed by atoms with Crippen LogP contribution < -0.4 is 20.3 Å². The Morgan fingerprint density at radius 1 is 1.10 bits per heavy atom. The highest BCUT2D eigenvalue weighted by Crippen LogP contribution is 2.23. The van der Waals surface area contributed by atoms with Gasteiger partial charge in [0.2, 0.25) is 0 Å². The van der Waals surface area contributed by atoms with Gasteiger partial charge in [-0.3, -0.25) is 14.5 Å². The van der Waals surface area contributed by atoms with E-state index in [1.807, 2.05) is 12.1 Å². The number of fused-ring (bicyclic) bond motifs is 1. The number of nitrogens with zero attached hydrogens (tertiary/aromatic N) is 2. The van der Waals surface area contributed by atoms with E-state index in [4.69, 9.17) is 9.47 Å². The van der Waals surface area contributed by atoms with Gasteiger partial charge in [-0.25, -0.2) is 0 Å². The number of methoxy groups -OCH3 is 2. The molecule has 0 radical (unpaired) electrons. The quantitative estimate of drug-likeness (QED) is 0.701. The molecule has 1 aromatic carbocycles. The standard InChI is InChI=1S/C24H33N3O4/c1-17(2)9-11-25-24(29)23-20-10-12-26(16-18-5-7-19(30-3)8-6-18)13-14-27(20)22(28)15-21(23)31-4/h5-8,15,17H,9-14,16H2,1-4H3,(H,25,29). The molecule has 0 atom stereocenters. The van der Waals surface area contributed by atoms with E-state index in [0.717, 1.165) is 37.5 Å². The minimum atomic E-state index is -0.176. The number of hydrogen-bond acceptors (Lipinski definition) is 5. The van der Waals surface area contributed by atoms with Crippen molar-refractivity contribution in [2.45, 2.75) is 39.8 Å². The fraction of sp³-hybridized carbons (Fsp3) is 0.500. The van der Waals surface area contributed by atoms with Crippen molar-refractivity contribution in [1.29, 1.82) is 0 Å². The van der Waals surface area contributed by atoms with E-state index in [1.54, 1.807) is 11.7 Å². The van der Waals surface area contributed by atoms with Crippen LogP contribution in [0.1, 0.15) is 41.9 Å². The van der Waals surface area contributed by atoms with Gasteiger partial charge >= 0.3 is 0 Å². The first-order chi connectivity index (χ1) is 14.9. The van der Waals surface area contributed by atoms with E-state index in [-0.39, 0.29) is 11.5 Å². The summed E-state index contributed by atoms with van der Waals surface area (Å²) in [5, 5.41) is 3.00. The van der Waals surface area contributed by atoms with Gasteiger partial charge in [-0.05, 0) is 30.0 Å². The minimum absolute atomic E-state index is 0.128. The molecule has 0 bridgehead atoms. The summed E-state index contributed by atoms with van der Waals surface area (Å²) < 4.78 is 12.4. The molecule has 1 N–H and O–H groups in total. The molecule has 168 valence electrons. The molecule has 3 rings (SSSR count). The van der Waals surface area contributed by atoms with Crippen LogP contribution in [-0.2, 0) is 19.5 Å². The Bertz CT molecular complexity index is 951. The first kappa shape index (κ1) is 22.9. The Labute approximate surface area is 184 Å². The lowest BCUT2D eigenvalue weighted by Gasteiger charge is -2.19. The van der Waals surface area contributed by atoms with E-state index in [2.05, 4.69) is 36.2 Å². The molecule has 0 saturated heterocycles. The van der Waals surface area contributed by atoms with Gasteiger partial charge in [0, 0.05) is 50.9 Å². The van der Waals surface area contributed by atoms with Crippen molar-refractivity contribution in [2.75, 3.05) is 33.9 Å². The van der Waals surface area contributed by atoms with Crippen LogP contribution in [0.4, 0.5) is 0 Å². The second-order valence-corrected chi connectivity index (χ2v) is 8.34. The van der Waals surface area contributed by atoms with Crippen molar-refractivity contribution in [3.05, 3.63) is 57.5 Å². The van der Waals surface area contributed by atoms with Gasteiger partial charge in [0.15, 0.2) is 0 Å². The molecule has 0 aliphatic carbocycles. The number of aromatic nitrogens is 1. The van der Waals surface area contributed by atoms with Crippen LogP contribution in [-0.4, -0.2) is 49.2 Å². The monoisotopic (exact) mass is 427 g/mol. The molecule has 1 aliphatic rings. The topological polar surface area (TPSA) is 72.8 Å². The molecule has 2 heterocycles. The third kappa shape index (κ3) is 5.67. The SMILES string of the molecule is COc1ccc(CN2CCc3c(C(=O)NCCC(C)C)c(OC)cc(=O)n3CC2)cc1. The molecule has 0 fully saturated rings. The van der Waals surface area contributed by atoms with Crippen LogP contribution in [0, 0.1) is 5.92 Å². The van der Waals surface area contributed by atoms with E-state index >= 15 is 0 Å². The highest BCUT2D eigenvalue weighted by Gasteiger charge is 2.25. The molecule has 0 spiro atoms. The molecule has 1 aromatic heterocycles. The van der Waals surface area contributed by atoms with Crippen molar-refractivity contribution < 1.29 is 14.3 Å². The van der Waals surface area contributed by atoms with Crippen molar-refractivity contribution >= 4 is 5.91 Å². The van der Waals surface area contributed by atoms with Crippen molar-refractivity contribution in [2.24, 2.45) is 5.92 Å². The van der Waals surface area contributed by atoms with Gasteiger partial charge in [-0.15, -0.1) is 0 Å². The molecule has 1 amide bonds. The Hall–Kier alpha value is -2.80. The summed E-state index contributed by atoms with van der Waals surface area (Å²) in [4.78, 5) is 28.0. The van der Waals surface area contributed by atoms with Gasteiger partial charge < -0.3 is 19.4 Å². The largest absolute Gasteiger partial charge is 0.497 e. The van der Waals surface area contributed by atoms with Gasteiger partial charge in [0.1, 0.15) is 17.1 Å². The van der Waals surface area contributed by atoms with Crippen LogP contribution in [0.15, 0.2) is 35.1 Å². The molecule has 0 saturated carbocycles. The van der Waals surface area contributed by atoms with Crippen LogP contribution >= 0.6 is 0 Å². The zero-order valence-electron chi connectivity index (χ0n) is 18.9. The maximum absolute atomic E-state index is 13.0. The Balaban J connectivity index is 1.80. The predicted octanol–water partition coefficient (Wildman–Crippen LogP) is 2.70. The average molecular weight is 428 g/mol. The molecule has 31 heavy (non-hydrogen) atoms. The number of carbonyl (C=O) groups is 1. The predicted molar refractivity (Wildman–Crippen MR) is 121 cm³/mol. The Morgan fingerprint density at radius 3 is 2.48 bits per heavy atom. The molecule has 7 heteroatoms. The highest BCUT2D eigenvalue weighted by molar-refractivity contribution is 5.98. The number of carbonyl (C=O) groups excluding carboxylic acids is 1. The molecule has 2 aromatic rings. The molecular formula is C24H33N3O4. The summed E-state index contributed by atoms with van der Waals surface area (Å²) in [6.07, 6.45) is 1.51. The lowest BCUT2D eigenvalue weighted by atomic mass is 10.1. The van der Waals surface area contributed by atoms with Crippen LogP contribution in [0.25, 0.3) is 0 Å². The van der Waals surface area contributed by atoms with Crippen LogP contribution in [0.2, 0.25) is 0 Å². The van der Waals surface area contributed by atoms with Crippen LogP contribution in [0.5, 0.6) is 11.5 Å². The highest BCUT2D eigenvalue weighted by atomic mass is 16.5. The first-order valence-corrected chi connectivity index (χ1v) is 10.9. The van der Waals surface area contributed by atoms with Gasteiger partial charge in [0.25, 0.3) is 11.5 Å². The normalized spacial score (nSPS) is 14.1. The van der Waals surface area contributed by atoms with Gasteiger partial charge in [-0.2, -0.15) is 0 Å². The van der Waals surface area contributed by atoms with Gasteiger partial charge in [-0.1, -0.05) is 26.0 Å². The maximum Gasteiger partial charge on any atom is 0.256 e. The number of nitrogens with one attached hydrogen (secondary N) is 1. The van der Waals surface area contributed by atoms with Crippen molar-refractivity contribution in [3.63, 3.8) is 0 Å². The second-order valence-electron chi connectivity index (χ2n) is 8.34. The molecule has 1 aliphatic heterocycles. The molecular weight excluding hydrogens is 394 g/mol. The van der Waals surface area contributed by atoms with Crippen molar-refractivity contribution in [3.8, 4) is 11.5 Å². The first-order valence-electron chi connectivity index (χ1n) is 10.9. The summed E-state index contributed by atoms with van der Waals surface area (Å²) >= 11 is 0. The van der Waals surface area contributed by atoms with E-state index in [1.165, 1.54) is 18.7 Å². The summed E-state index contributed by atoms with van der Waals surface area (Å²) in [6, 6.07) is 9.45. The maximum atomic E-state index is 13.0. The zero-order valence-corrected chi connectivity index (χ0v) is 18.9. The molecule has 7 nitrogen and oxygen atoms in total. The van der Waals surface area contributed by atoms with Crippen molar-refractivity contribution in [1.82, 2.24) is 14.8 Å². The van der Waals surface area contributed by atoms with Crippen LogP contribution in [0.3, 0.4) is 0 Å². The fourth-order valence-corrected chi connectivity index (χ4v) is 3.91. The smallest absolute Gasteiger partial charge is 0.256 e. The average Bonchev–Trinajstić information content (AvgIpc) is 2.97. The third-order valence-electron chi connectivity index (χ3n) is 5.71. The number of rotatable bonds is 8. The number of benzene rings is 1. The lowest BCUT2D eigenvalue weighted by molar-refractivity contribution is 0.0946. The fourth-order valence-electron chi connectivity index (χ4n) is 3.91. The van der Waals surface area contributed by atoms with E-state index in [9.17, 15) is 9.59 Å². The Kier molecular flexibility index (Phi) is 7.74. The number of ether oxygens (including phenoxy) is 2. The number of hydrogen-bond donors (Lipinski definition) is 1. The summed E-state index contributed by atoms with van der Waals surface area (Å²) in [7, 11) is 3.16. The summed E-state index contributed by atoms with van der Waals surface area (Å²) in [6.45, 7) is 7.66. The third-order valence-corrected chi connectivity index (χ3v) is 5.71. The molecule has 0 unspecified atom stereocenters. The lowest BCUT2D eigenvalue weighted by Crippen LogP contribution is -2.32. The number of amides is 1. The summed E-state index contributed by atoms with van der Waals surface area (Å²) in [5.74, 6) is 1.51. The second kappa shape index (κ2) is 10.5. The van der Waals surface area contributed by atoms with E-state index in [0.29, 0.717) is 36.7 Å². The zero-order chi connectivity index (χ0) is 22.4. The number of pyridine rings is 1. The van der Waals surface area contributed by atoms with Gasteiger partial charge in [0.05, 0.1) is 14.2 Å².